The molecular weight excluding hydrogens is 360 g/mol. The van der Waals surface area contributed by atoms with Crippen molar-refractivity contribution in [2.75, 3.05) is 25.6 Å². The van der Waals surface area contributed by atoms with Gasteiger partial charge in [-0.15, -0.1) is 0 Å². The largest absolute Gasteiger partial charge is 0.382 e. The minimum absolute atomic E-state index is 0.544. The first kappa shape index (κ1) is 20.0. The number of ether oxygens (including phenoxy) is 2. The number of benzene rings is 2. The molecule has 0 radical (unpaired) electrons. The van der Waals surface area contributed by atoms with Crippen LogP contribution in [-0.2, 0) is 16.1 Å². The maximum Gasteiger partial charge on any atom is 0.0719 e. The predicted molar refractivity (Wildman–Crippen MR) is 120 cm³/mol. The molecule has 4 rings (SSSR count). The molecule has 0 saturated heterocycles. The Labute approximate surface area is 173 Å². The molecule has 0 atom stereocenters. The second-order valence-electron chi connectivity index (χ2n) is 8.30. The molecule has 0 amide bonds. The molecule has 0 bridgehead atoms. The Kier molecular flexibility index (Phi) is 6.53. The van der Waals surface area contributed by atoms with E-state index in [0.717, 1.165) is 11.6 Å². The first-order chi connectivity index (χ1) is 14.2. The van der Waals surface area contributed by atoms with Crippen molar-refractivity contribution in [3.63, 3.8) is 0 Å². The van der Waals surface area contributed by atoms with Crippen LogP contribution in [0.5, 0.6) is 0 Å². The first-order valence-electron chi connectivity index (χ1n) is 10.8. The van der Waals surface area contributed by atoms with Crippen LogP contribution in [0.3, 0.4) is 0 Å². The van der Waals surface area contributed by atoms with Gasteiger partial charge in [-0.2, -0.15) is 0 Å². The SMILES string of the molecule is COCCOCc1cc(NC2CCC(C)CC2)c2[nH]c(-c3ccccc3)cc2c1. The van der Waals surface area contributed by atoms with Crippen molar-refractivity contribution in [3.05, 3.63) is 54.1 Å². The zero-order chi connectivity index (χ0) is 20.1. The average molecular weight is 393 g/mol. The summed E-state index contributed by atoms with van der Waals surface area (Å²) in [6.45, 7) is 4.20. The van der Waals surface area contributed by atoms with Crippen LogP contribution in [0.4, 0.5) is 5.69 Å². The quantitative estimate of drug-likeness (QED) is 0.463. The fraction of sp³-hybridized carbons (Fsp3) is 0.440. The van der Waals surface area contributed by atoms with Crippen molar-refractivity contribution < 1.29 is 9.47 Å². The van der Waals surface area contributed by atoms with E-state index in [4.69, 9.17) is 9.47 Å². The summed E-state index contributed by atoms with van der Waals surface area (Å²) >= 11 is 0. The molecule has 1 fully saturated rings. The number of aromatic amines is 1. The summed E-state index contributed by atoms with van der Waals surface area (Å²) in [6, 6.07) is 17.8. The third-order valence-corrected chi connectivity index (χ3v) is 5.95. The summed E-state index contributed by atoms with van der Waals surface area (Å²) in [7, 11) is 1.70. The average Bonchev–Trinajstić information content (AvgIpc) is 3.18. The summed E-state index contributed by atoms with van der Waals surface area (Å²) in [5.41, 5.74) is 5.92. The summed E-state index contributed by atoms with van der Waals surface area (Å²) in [6.07, 6.45) is 5.09. The molecule has 2 N–H and O–H groups in total. The molecule has 0 spiro atoms. The topological polar surface area (TPSA) is 46.3 Å². The predicted octanol–water partition coefficient (Wildman–Crippen LogP) is 5.99. The number of nitrogens with one attached hydrogen (secondary N) is 2. The van der Waals surface area contributed by atoms with Crippen LogP contribution in [0.25, 0.3) is 22.2 Å². The lowest BCUT2D eigenvalue weighted by molar-refractivity contribution is 0.0617. The van der Waals surface area contributed by atoms with Gasteiger partial charge in [-0.25, -0.2) is 0 Å². The molecule has 2 aromatic carbocycles. The fourth-order valence-corrected chi connectivity index (χ4v) is 4.23. The van der Waals surface area contributed by atoms with E-state index in [1.807, 2.05) is 0 Å². The van der Waals surface area contributed by atoms with Gasteiger partial charge in [0, 0.05) is 24.2 Å². The van der Waals surface area contributed by atoms with Gasteiger partial charge in [0.25, 0.3) is 0 Å². The van der Waals surface area contributed by atoms with Gasteiger partial charge in [0.2, 0.25) is 0 Å². The highest BCUT2D eigenvalue weighted by molar-refractivity contribution is 5.95. The van der Waals surface area contributed by atoms with Crippen molar-refractivity contribution in [3.8, 4) is 11.3 Å². The van der Waals surface area contributed by atoms with Crippen molar-refractivity contribution in [2.45, 2.75) is 45.3 Å². The molecule has 154 valence electrons. The van der Waals surface area contributed by atoms with Gasteiger partial charge in [-0.3, -0.25) is 0 Å². The maximum atomic E-state index is 5.80. The summed E-state index contributed by atoms with van der Waals surface area (Å²) in [4.78, 5) is 3.66. The molecule has 4 nitrogen and oxygen atoms in total. The van der Waals surface area contributed by atoms with Crippen molar-refractivity contribution in [2.24, 2.45) is 5.92 Å². The number of hydrogen-bond acceptors (Lipinski definition) is 3. The van der Waals surface area contributed by atoms with Crippen molar-refractivity contribution in [1.82, 2.24) is 4.98 Å². The van der Waals surface area contributed by atoms with Gasteiger partial charge in [0.15, 0.2) is 0 Å². The standard InChI is InChI=1S/C25H32N2O2/c1-18-8-10-22(11-9-18)26-24-15-19(17-29-13-12-28-2)14-21-16-23(27-25(21)24)20-6-4-3-5-7-20/h3-7,14-16,18,22,26-27H,8-13,17H2,1-2H3. The smallest absolute Gasteiger partial charge is 0.0719 e. The Hall–Kier alpha value is -2.30. The molecule has 1 aromatic heterocycles. The van der Waals surface area contributed by atoms with Crippen LogP contribution in [0.15, 0.2) is 48.5 Å². The lowest BCUT2D eigenvalue weighted by Gasteiger charge is -2.28. The molecule has 1 aliphatic carbocycles. The van der Waals surface area contributed by atoms with Crippen LogP contribution in [0.2, 0.25) is 0 Å². The van der Waals surface area contributed by atoms with Crippen LogP contribution in [0.1, 0.15) is 38.2 Å². The highest BCUT2D eigenvalue weighted by atomic mass is 16.5. The second kappa shape index (κ2) is 9.47. The minimum atomic E-state index is 0.544. The number of fused-ring (bicyclic) bond motifs is 1. The van der Waals surface area contributed by atoms with E-state index in [-0.39, 0.29) is 0 Å². The Balaban J connectivity index is 1.62. The van der Waals surface area contributed by atoms with Gasteiger partial charge in [0.1, 0.15) is 0 Å². The van der Waals surface area contributed by atoms with E-state index >= 15 is 0 Å². The van der Waals surface area contributed by atoms with E-state index < -0.39 is 0 Å². The van der Waals surface area contributed by atoms with E-state index in [1.54, 1.807) is 7.11 Å². The molecule has 4 heteroatoms. The number of anilines is 1. The normalized spacial score (nSPS) is 19.5. The van der Waals surface area contributed by atoms with Crippen molar-refractivity contribution in [1.29, 1.82) is 0 Å². The van der Waals surface area contributed by atoms with E-state index in [2.05, 4.69) is 65.8 Å². The Morgan fingerprint density at radius 1 is 1.00 bits per heavy atom. The molecule has 29 heavy (non-hydrogen) atoms. The lowest BCUT2D eigenvalue weighted by Crippen LogP contribution is -2.25. The zero-order valence-corrected chi connectivity index (χ0v) is 17.5. The molecule has 1 aliphatic rings. The van der Waals surface area contributed by atoms with Gasteiger partial charge >= 0.3 is 0 Å². The number of H-pyrrole nitrogens is 1. The van der Waals surface area contributed by atoms with E-state index in [0.29, 0.717) is 25.9 Å². The molecule has 1 heterocycles. The highest BCUT2D eigenvalue weighted by Crippen LogP contribution is 2.33. The molecule has 0 aliphatic heterocycles. The van der Waals surface area contributed by atoms with E-state index in [9.17, 15) is 0 Å². The van der Waals surface area contributed by atoms with Gasteiger partial charge < -0.3 is 19.8 Å². The third kappa shape index (κ3) is 5.01. The Morgan fingerprint density at radius 3 is 2.55 bits per heavy atom. The van der Waals surface area contributed by atoms with Gasteiger partial charge in [-0.05, 0) is 60.9 Å². The van der Waals surface area contributed by atoms with Gasteiger partial charge in [0.05, 0.1) is 31.0 Å². The minimum Gasteiger partial charge on any atom is -0.382 e. The summed E-state index contributed by atoms with van der Waals surface area (Å²) < 4.78 is 10.9. The molecular formula is C25H32N2O2. The summed E-state index contributed by atoms with van der Waals surface area (Å²) in [5, 5.41) is 5.07. The zero-order valence-electron chi connectivity index (χ0n) is 17.5. The van der Waals surface area contributed by atoms with Crippen LogP contribution in [0, 0.1) is 5.92 Å². The van der Waals surface area contributed by atoms with Crippen LogP contribution >= 0.6 is 0 Å². The van der Waals surface area contributed by atoms with E-state index in [1.165, 1.54) is 53.4 Å². The van der Waals surface area contributed by atoms with Crippen LogP contribution in [-0.4, -0.2) is 31.3 Å². The van der Waals surface area contributed by atoms with Crippen molar-refractivity contribution >= 4 is 16.6 Å². The number of hydrogen-bond donors (Lipinski definition) is 2. The second-order valence-corrected chi connectivity index (χ2v) is 8.30. The molecule has 0 unspecified atom stereocenters. The fourth-order valence-electron chi connectivity index (χ4n) is 4.23. The van der Waals surface area contributed by atoms with Crippen LogP contribution < -0.4 is 5.32 Å². The Bertz CT molecular complexity index is 911. The third-order valence-electron chi connectivity index (χ3n) is 5.95. The van der Waals surface area contributed by atoms with Gasteiger partial charge in [-0.1, -0.05) is 37.3 Å². The monoisotopic (exact) mass is 392 g/mol. The number of methoxy groups -OCH3 is 1. The molecule has 1 saturated carbocycles. The molecule has 3 aromatic rings. The summed E-state index contributed by atoms with van der Waals surface area (Å²) in [5.74, 6) is 0.851. The Morgan fingerprint density at radius 2 is 1.79 bits per heavy atom. The highest BCUT2D eigenvalue weighted by Gasteiger charge is 2.19. The lowest BCUT2D eigenvalue weighted by atomic mass is 9.87. The number of aromatic nitrogens is 1. The maximum absolute atomic E-state index is 5.80. The first-order valence-corrected chi connectivity index (χ1v) is 10.8. The number of rotatable bonds is 8.